The zero-order chi connectivity index (χ0) is 37.6. The number of unbranched alkanes of at least 4 members (excludes halogenated alkanes) is 2. The summed E-state index contributed by atoms with van der Waals surface area (Å²) in [5, 5.41) is 8.95. The Bertz CT molecular complexity index is 1040. The van der Waals surface area contributed by atoms with Gasteiger partial charge in [-0.05, 0) is 85.8 Å². The minimum absolute atomic E-state index is 0.733. The van der Waals surface area contributed by atoms with Crippen molar-refractivity contribution < 1.29 is 9.84 Å². The topological polar surface area (TPSA) is 48.3 Å². The standard InChI is InChI=1S/C30H51N3OS.C6H10O.C5H12.C2H6/c1-9-13-25-18-26(23(5)6)22-32(21-25)20-24(7)35-30(31-12-4)28-19-27(14-15-29(28)34-8)33(16-10-2)17-11-3;1-2-3-4-5-6-7;1-4-5(2)3;1-2/h14-15,19,23,25-26H,7,9-13,16-18,20-22H2,1-6,8H3;7H,2-4H2,1H3;5H,4H2,1-3H3;1-2H3. The van der Waals surface area contributed by atoms with E-state index in [1.165, 1.54) is 49.4 Å². The lowest BCUT2D eigenvalue weighted by Crippen LogP contribution is -2.42. The Morgan fingerprint density at radius 2 is 1.65 bits per heavy atom. The van der Waals surface area contributed by atoms with E-state index < -0.39 is 0 Å². The molecule has 6 heteroatoms. The van der Waals surface area contributed by atoms with Crippen molar-refractivity contribution in [3.05, 3.63) is 35.2 Å². The van der Waals surface area contributed by atoms with Crippen LogP contribution in [0.4, 0.5) is 5.69 Å². The van der Waals surface area contributed by atoms with Crippen molar-refractivity contribution in [3.63, 3.8) is 0 Å². The number of aliphatic hydroxyl groups excluding tert-OH is 1. The number of aliphatic hydroxyl groups is 1. The molecular formula is C43H79N3O2S. The molecule has 0 aromatic heterocycles. The van der Waals surface area contributed by atoms with Crippen LogP contribution in [0.1, 0.15) is 146 Å². The summed E-state index contributed by atoms with van der Waals surface area (Å²) in [7, 11) is 1.76. The number of aliphatic imine (C=N–C) groups is 1. The third kappa shape index (κ3) is 22.4. The number of hydrogen-bond acceptors (Lipinski definition) is 6. The Labute approximate surface area is 310 Å². The number of ether oxygens (including phenoxy) is 1. The quantitative estimate of drug-likeness (QED) is 0.0758. The van der Waals surface area contributed by atoms with Crippen LogP contribution in [0.15, 0.2) is 34.7 Å². The molecule has 2 unspecified atom stereocenters. The lowest BCUT2D eigenvalue weighted by atomic mass is 9.81. The van der Waals surface area contributed by atoms with Crippen molar-refractivity contribution in [1.82, 2.24) is 4.90 Å². The molecule has 0 amide bonds. The molecule has 1 aliphatic rings. The number of methoxy groups -OCH3 is 1. The van der Waals surface area contributed by atoms with E-state index in [1.807, 2.05) is 20.0 Å². The zero-order valence-electron chi connectivity index (χ0n) is 34.5. The summed E-state index contributed by atoms with van der Waals surface area (Å²) in [5.41, 5.74) is 2.33. The van der Waals surface area contributed by atoms with Crippen LogP contribution < -0.4 is 9.64 Å². The van der Waals surface area contributed by atoms with Crippen molar-refractivity contribution in [2.45, 2.75) is 141 Å². The van der Waals surface area contributed by atoms with E-state index in [0.717, 1.165) is 98.3 Å². The number of nitrogens with zero attached hydrogens (tertiary/aromatic N) is 3. The van der Waals surface area contributed by atoms with E-state index in [2.05, 4.69) is 110 Å². The van der Waals surface area contributed by atoms with E-state index in [9.17, 15) is 0 Å². The van der Waals surface area contributed by atoms with Gasteiger partial charge in [-0.2, -0.15) is 0 Å². The summed E-state index contributed by atoms with van der Waals surface area (Å²) in [6, 6.07) is 6.56. The first-order chi connectivity index (χ1) is 23.5. The number of piperidine rings is 1. The molecule has 1 saturated heterocycles. The second-order valence-electron chi connectivity index (χ2n) is 13.6. The van der Waals surface area contributed by atoms with Gasteiger partial charge in [-0.3, -0.25) is 9.89 Å². The second-order valence-corrected chi connectivity index (χ2v) is 14.7. The number of hydrogen-bond donors (Lipinski definition) is 1. The van der Waals surface area contributed by atoms with Gasteiger partial charge >= 0.3 is 0 Å². The van der Waals surface area contributed by atoms with Gasteiger partial charge in [0.15, 0.2) is 0 Å². The van der Waals surface area contributed by atoms with Crippen LogP contribution in [0.25, 0.3) is 0 Å². The van der Waals surface area contributed by atoms with Gasteiger partial charge in [0.1, 0.15) is 16.9 Å². The van der Waals surface area contributed by atoms with Crippen molar-refractivity contribution in [3.8, 4) is 17.8 Å². The molecule has 0 saturated carbocycles. The highest BCUT2D eigenvalue weighted by Crippen LogP contribution is 2.34. The normalized spacial score (nSPS) is 15.9. The van der Waals surface area contributed by atoms with Crippen LogP contribution in [0.2, 0.25) is 0 Å². The van der Waals surface area contributed by atoms with Crippen molar-refractivity contribution in [1.29, 1.82) is 0 Å². The predicted molar refractivity (Wildman–Crippen MR) is 223 cm³/mol. The minimum Gasteiger partial charge on any atom is -0.496 e. The molecule has 1 heterocycles. The fourth-order valence-corrected chi connectivity index (χ4v) is 6.59. The maximum Gasteiger partial charge on any atom is 0.128 e. The van der Waals surface area contributed by atoms with Crippen LogP contribution in [0.5, 0.6) is 5.75 Å². The highest BCUT2D eigenvalue weighted by atomic mass is 32.2. The smallest absolute Gasteiger partial charge is 0.128 e. The summed E-state index contributed by atoms with van der Waals surface area (Å²) in [5.74, 6) is 6.64. The Morgan fingerprint density at radius 3 is 2.12 bits per heavy atom. The highest BCUT2D eigenvalue weighted by Gasteiger charge is 2.29. The fraction of sp³-hybridized carbons (Fsp3) is 0.744. The first kappa shape index (κ1) is 49.0. The van der Waals surface area contributed by atoms with Gasteiger partial charge in [0.05, 0.1) is 12.7 Å². The average molecular weight is 702 g/mol. The lowest BCUT2D eigenvalue weighted by Gasteiger charge is -2.40. The number of likely N-dealkylation sites (tertiary alicyclic amines) is 1. The second kappa shape index (κ2) is 31.9. The molecule has 1 aromatic rings. The molecule has 0 bridgehead atoms. The molecule has 49 heavy (non-hydrogen) atoms. The number of thioether (sulfide) groups is 1. The van der Waals surface area contributed by atoms with E-state index in [1.54, 1.807) is 18.9 Å². The van der Waals surface area contributed by atoms with Crippen LogP contribution in [-0.2, 0) is 0 Å². The molecule has 2 rings (SSSR count). The van der Waals surface area contributed by atoms with Crippen molar-refractivity contribution in [2.24, 2.45) is 28.7 Å². The van der Waals surface area contributed by atoms with Crippen LogP contribution in [0.3, 0.4) is 0 Å². The van der Waals surface area contributed by atoms with Gasteiger partial charge < -0.3 is 14.7 Å². The predicted octanol–water partition coefficient (Wildman–Crippen LogP) is 12.3. The Balaban J connectivity index is 0. The molecule has 1 N–H and O–H groups in total. The molecule has 0 spiro atoms. The molecule has 0 aliphatic carbocycles. The minimum atomic E-state index is 0.733. The molecule has 5 nitrogen and oxygen atoms in total. The maximum absolute atomic E-state index is 7.93. The van der Waals surface area contributed by atoms with Gasteiger partial charge in [-0.25, -0.2) is 0 Å². The van der Waals surface area contributed by atoms with Crippen LogP contribution >= 0.6 is 11.8 Å². The Morgan fingerprint density at radius 1 is 1.02 bits per heavy atom. The largest absolute Gasteiger partial charge is 0.496 e. The van der Waals surface area contributed by atoms with Gasteiger partial charge in [0.25, 0.3) is 0 Å². The first-order valence-corrected chi connectivity index (χ1v) is 20.5. The highest BCUT2D eigenvalue weighted by molar-refractivity contribution is 8.17. The number of anilines is 1. The van der Waals surface area contributed by atoms with Crippen LogP contribution in [-0.4, -0.2) is 61.4 Å². The monoisotopic (exact) mass is 702 g/mol. The summed E-state index contributed by atoms with van der Waals surface area (Å²) >= 11 is 1.73. The molecule has 1 aliphatic heterocycles. The molecule has 2 atom stereocenters. The Kier molecular flexibility index (Phi) is 31.9. The van der Waals surface area contributed by atoms with Crippen molar-refractivity contribution in [2.75, 3.05) is 51.3 Å². The summed E-state index contributed by atoms with van der Waals surface area (Å²) < 4.78 is 5.79. The maximum atomic E-state index is 7.93. The summed E-state index contributed by atoms with van der Waals surface area (Å²) in [6.45, 7) is 37.1. The van der Waals surface area contributed by atoms with Gasteiger partial charge in [0.2, 0.25) is 0 Å². The van der Waals surface area contributed by atoms with E-state index in [0.29, 0.717) is 0 Å². The van der Waals surface area contributed by atoms with Crippen molar-refractivity contribution >= 4 is 22.5 Å². The first-order valence-electron chi connectivity index (χ1n) is 19.7. The summed E-state index contributed by atoms with van der Waals surface area (Å²) in [6.07, 6.45) is 12.5. The number of benzene rings is 1. The van der Waals surface area contributed by atoms with Gasteiger partial charge in [-0.1, -0.05) is 120 Å². The third-order valence-corrected chi connectivity index (χ3v) is 9.50. The van der Waals surface area contributed by atoms with Gasteiger partial charge in [0, 0.05) is 51.4 Å². The molecular weight excluding hydrogens is 623 g/mol. The van der Waals surface area contributed by atoms with E-state index in [4.69, 9.17) is 14.8 Å². The van der Waals surface area contributed by atoms with E-state index in [-0.39, 0.29) is 0 Å². The van der Waals surface area contributed by atoms with Gasteiger partial charge in [-0.15, -0.1) is 0 Å². The fourth-order valence-electron chi connectivity index (χ4n) is 5.60. The molecule has 0 radical (unpaired) electrons. The Hall–Kier alpha value is -2.10. The molecule has 1 fully saturated rings. The zero-order valence-corrected chi connectivity index (χ0v) is 35.3. The number of rotatable bonds is 17. The molecule has 284 valence electrons. The molecule has 1 aromatic carbocycles. The average Bonchev–Trinajstić information content (AvgIpc) is 3.09. The van der Waals surface area contributed by atoms with Crippen LogP contribution in [0, 0.1) is 35.7 Å². The van der Waals surface area contributed by atoms with E-state index >= 15 is 0 Å². The SMILES string of the molecule is C=C(CN1CC(CCC)CC(C(C)C)C1)SC(=NCC)c1cc(N(CCC)CCC)ccc1OC.CC.CCC(C)C.CCCCC#CO. The summed E-state index contributed by atoms with van der Waals surface area (Å²) in [4.78, 5) is 11.2. The third-order valence-electron chi connectivity index (χ3n) is 8.54. The lowest BCUT2D eigenvalue weighted by molar-refractivity contribution is 0.105.